The number of aromatic hydroxyl groups is 1. The quantitative estimate of drug-likeness (QED) is 0.322. The molecule has 1 fully saturated rings. The Kier molecular flexibility index (Phi) is 9.02. The molecule has 2 aromatic rings. The molecule has 10 heteroatoms. The number of methoxy groups -OCH3 is 2. The predicted octanol–water partition coefficient (Wildman–Crippen LogP) is 1.74. The van der Waals surface area contributed by atoms with Crippen LogP contribution in [0.5, 0.6) is 23.0 Å². The number of carbonyl (C=O) groups is 1. The molecule has 1 aliphatic rings. The molecule has 7 atom stereocenters. The molecule has 0 aliphatic carbocycles. The highest BCUT2D eigenvalue weighted by Gasteiger charge is 2.48. The Balaban J connectivity index is 1.73. The number of carboxylic acids is 1. The number of aliphatic hydroxyl groups is 3. The van der Waals surface area contributed by atoms with Crippen molar-refractivity contribution in [1.82, 2.24) is 0 Å². The molecule has 1 heterocycles. The van der Waals surface area contributed by atoms with Crippen molar-refractivity contribution in [3.8, 4) is 23.0 Å². The van der Waals surface area contributed by atoms with E-state index in [1.165, 1.54) is 14.2 Å². The third-order valence-electron chi connectivity index (χ3n) is 6.62. The number of aliphatic carboxylic acids is 1. The summed E-state index contributed by atoms with van der Waals surface area (Å²) in [7, 11) is 2.95. The van der Waals surface area contributed by atoms with Crippen LogP contribution < -0.4 is 14.2 Å². The van der Waals surface area contributed by atoms with Crippen molar-refractivity contribution in [2.75, 3.05) is 14.2 Å². The summed E-state index contributed by atoms with van der Waals surface area (Å²) in [6.45, 7) is 4.26. The van der Waals surface area contributed by atoms with Crippen LogP contribution in [0.3, 0.4) is 0 Å². The van der Waals surface area contributed by atoms with Crippen molar-refractivity contribution in [2.24, 2.45) is 11.8 Å². The van der Waals surface area contributed by atoms with Gasteiger partial charge in [0, 0.05) is 0 Å². The lowest BCUT2D eigenvalue weighted by atomic mass is 9.85. The van der Waals surface area contributed by atoms with Gasteiger partial charge in [0.25, 0.3) is 0 Å². The Morgan fingerprint density at radius 1 is 0.861 bits per heavy atom. The van der Waals surface area contributed by atoms with Gasteiger partial charge in [-0.25, -0.2) is 4.79 Å². The normalized spacial score (nSPS) is 25.6. The van der Waals surface area contributed by atoms with Crippen LogP contribution in [0.1, 0.15) is 25.0 Å². The van der Waals surface area contributed by atoms with Crippen molar-refractivity contribution < 1.29 is 49.3 Å². The standard InChI is InChI=1S/C26H34O10/c1-13(9-15-5-7-17(27)19(11-15)34-4)14(2)10-16-6-8-18(33-3)20(12-16)35-26-23(30)21(28)22(29)24(36-26)25(31)32/h5-8,11-14,21-24,26-30H,9-10H2,1-4H3,(H,31,32)/t13?,14?,21-,22-,23+,24-,26+/m0/s1. The van der Waals surface area contributed by atoms with E-state index in [0.717, 1.165) is 17.5 Å². The summed E-state index contributed by atoms with van der Waals surface area (Å²) in [5.41, 5.74) is 1.95. The first-order chi connectivity index (χ1) is 17.0. The van der Waals surface area contributed by atoms with Gasteiger partial charge in [-0.1, -0.05) is 26.0 Å². The van der Waals surface area contributed by atoms with Crippen molar-refractivity contribution in [3.05, 3.63) is 47.5 Å². The van der Waals surface area contributed by atoms with Gasteiger partial charge in [0.2, 0.25) is 6.29 Å². The number of phenols is 1. The first-order valence-electron chi connectivity index (χ1n) is 11.7. The van der Waals surface area contributed by atoms with Crippen LogP contribution in [0.15, 0.2) is 36.4 Å². The van der Waals surface area contributed by atoms with E-state index < -0.39 is 36.7 Å². The fourth-order valence-corrected chi connectivity index (χ4v) is 4.21. The summed E-state index contributed by atoms with van der Waals surface area (Å²) >= 11 is 0. The zero-order chi connectivity index (χ0) is 26.6. The van der Waals surface area contributed by atoms with Crippen molar-refractivity contribution >= 4 is 5.97 Å². The van der Waals surface area contributed by atoms with E-state index >= 15 is 0 Å². The van der Waals surface area contributed by atoms with Crippen molar-refractivity contribution in [2.45, 2.75) is 57.4 Å². The van der Waals surface area contributed by atoms with Gasteiger partial charge in [0.1, 0.15) is 18.3 Å². The summed E-state index contributed by atoms with van der Waals surface area (Å²) in [4.78, 5) is 11.4. The molecule has 3 rings (SSSR count). The number of carboxylic acid groups (broad SMARTS) is 1. The van der Waals surface area contributed by atoms with Crippen LogP contribution in [-0.2, 0) is 22.4 Å². The smallest absolute Gasteiger partial charge is 0.335 e. The summed E-state index contributed by atoms with van der Waals surface area (Å²) < 4.78 is 21.5. The molecule has 10 nitrogen and oxygen atoms in total. The van der Waals surface area contributed by atoms with Crippen molar-refractivity contribution in [3.63, 3.8) is 0 Å². The Bertz CT molecular complexity index is 1040. The molecule has 0 spiro atoms. The zero-order valence-electron chi connectivity index (χ0n) is 20.7. The third-order valence-corrected chi connectivity index (χ3v) is 6.62. The van der Waals surface area contributed by atoms with Crippen LogP contribution in [0.25, 0.3) is 0 Å². The maximum Gasteiger partial charge on any atom is 0.335 e. The van der Waals surface area contributed by atoms with Crippen molar-refractivity contribution in [1.29, 1.82) is 0 Å². The fraction of sp³-hybridized carbons (Fsp3) is 0.500. The number of hydrogen-bond donors (Lipinski definition) is 5. The highest BCUT2D eigenvalue weighted by atomic mass is 16.7. The molecule has 0 saturated carbocycles. The second-order valence-corrected chi connectivity index (χ2v) is 9.21. The summed E-state index contributed by atoms with van der Waals surface area (Å²) in [6, 6.07) is 10.6. The number of ether oxygens (including phenoxy) is 4. The second-order valence-electron chi connectivity index (χ2n) is 9.21. The Labute approximate surface area is 209 Å². The van der Waals surface area contributed by atoms with Crippen LogP contribution in [0.4, 0.5) is 0 Å². The number of benzene rings is 2. The van der Waals surface area contributed by atoms with Gasteiger partial charge in [0.05, 0.1) is 14.2 Å². The molecule has 1 aliphatic heterocycles. The molecule has 198 valence electrons. The summed E-state index contributed by atoms with van der Waals surface area (Å²) in [6.07, 6.45) is -7.08. The maximum atomic E-state index is 11.4. The molecular formula is C26H34O10. The molecule has 2 unspecified atom stereocenters. The molecular weight excluding hydrogens is 472 g/mol. The first kappa shape index (κ1) is 27.5. The third kappa shape index (κ3) is 6.19. The summed E-state index contributed by atoms with van der Waals surface area (Å²) in [5.74, 6) is 0.0967. The number of rotatable bonds is 10. The Morgan fingerprint density at radius 2 is 1.42 bits per heavy atom. The fourth-order valence-electron chi connectivity index (χ4n) is 4.21. The Hall–Kier alpha value is -3.05. The van der Waals surface area contributed by atoms with Gasteiger partial charge in [-0.3, -0.25) is 0 Å². The number of hydrogen-bond acceptors (Lipinski definition) is 9. The lowest BCUT2D eigenvalue weighted by molar-refractivity contribution is -0.271. The van der Waals surface area contributed by atoms with Gasteiger partial charge in [-0.15, -0.1) is 0 Å². The van der Waals surface area contributed by atoms with E-state index in [1.54, 1.807) is 18.2 Å². The van der Waals surface area contributed by atoms with E-state index in [-0.39, 0.29) is 23.3 Å². The molecule has 0 radical (unpaired) electrons. The molecule has 5 N–H and O–H groups in total. The minimum atomic E-state index is -1.80. The van der Waals surface area contributed by atoms with Gasteiger partial charge in [-0.2, -0.15) is 0 Å². The average molecular weight is 507 g/mol. The summed E-state index contributed by atoms with van der Waals surface area (Å²) in [5, 5.41) is 49.3. The van der Waals surface area contributed by atoms with E-state index in [4.69, 9.17) is 18.9 Å². The largest absolute Gasteiger partial charge is 0.504 e. The van der Waals surface area contributed by atoms with Crippen LogP contribution in [-0.4, -0.2) is 76.4 Å². The second kappa shape index (κ2) is 11.8. The number of phenolic OH excluding ortho intramolecular Hbond substituents is 1. The van der Waals surface area contributed by atoms with Crippen LogP contribution in [0, 0.1) is 11.8 Å². The average Bonchev–Trinajstić information content (AvgIpc) is 2.85. The SMILES string of the molecule is COc1cc(CC(C)C(C)Cc2ccc(OC)c(O[C@@H]3O[C@H](C(=O)O)[C@@H](O)[C@H](O)[C@H]3O)c2)ccc1O. The molecule has 0 amide bonds. The van der Waals surface area contributed by atoms with E-state index in [1.807, 2.05) is 18.2 Å². The predicted molar refractivity (Wildman–Crippen MR) is 128 cm³/mol. The molecule has 36 heavy (non-hydrogen) atoms. The first-order valence-corrected chi connectivity index (χ1v) is 11.7. The van der Waals surface area contributed by atoms with Gasteiger partial charge >= 0.3 is 5.97 Å². The lowest BCUT2D eigenvalue weighted by Gasteiger charge is -2.38. The molecule has 1 saturated heterocycles. The highest BCUT2D eigenvalue weighted by molar-refractivity contribution is 5.73. The van der Waals surface area contributed by atoms with Gasteiger partial charge in [-0.05, 0) is 60.1 Å². The monoisotopic (exact) mass is 506 g/mol. The number of aliphatic hydroxyl groups excluding tert-OH is 3. The molecule has 0 aromatic heterocycles. The van der Waals surface area contributed by atoms with Gasteiger partial charge < -0.3 is 44.5 Å². The van der Waals surface area contributed by atoms with Crippen LogP contribution in [0.2, 0.25) is 0 Å². The zero-order valence-corrected chi connectivity index (χ0v) is 20.7. The molecule has 2 aromatic carbocycles. The minimum absolute atomic E-state index is 0.0940. The van der Waals surface area contributed by atoms with E-state index in [0.29, 0.717) is 17.9 Å². The topological polar surface area (TPSA) is 155 Å². The van der Waals surface area contributed by atoms with Crippen LogP contribution >= 0.6 is 0 Å². The maximum absolute atomic E-state index is 11.4. The molecule has 0 bridgehead atoms. The van der Waals surface area contributed by atoms with E-state index in [2.05, 4.69) is 13.8 Å². The lowest BCUT2D eigenvalue weighted by Crippen LogP contribution is -2.61. The van der Waals surface area contributed by atoms with Gasteiger partial charge in [0.15, 0.2) is 29.1 Å². The van der Waals surface area contributed by atoms with E-state index in [9.17, 15) is 30.3 Å². The minimum Gasteiger partial charge on any atom is -0.504 e. The highest BCUT2D eigenvalue weighted by Crippen LogP contribution is 2.34. The Morgan fingerprint density at radius 3 is 1.97 bits per heavy atom.